The molecule has 0 saturated heterocycles. The topological polar surface area (TPSA) is 72.2 Å². The molecule has 1 aliphatic carbocycles. The lowest BCUT2D eigenvalue weighted by atomic mass is 9.75. The van der Waals surface area contributed by atoms with Crippen molar-refractivity contribution < 1.29 is 8.42 Å². The van der Waals surface area contributed by atoms with Crippen LogP contribution < -0.4 is 11.3 Å². The van der Waals surface area contributed by atoms with E-state index in [1.54, 1.807) is 18.2 Å². The van der Waals surface area contributed by atoms with Gasteiger partial charge in [-0.2, -0.15) is 0 Å². The molecule has 0 spiro atoms. The van der Waals surface area contributed by atoms with Crippen LogP contribution in [-0.2, 0) is 9.84 Å². The van der Waals surface area contributed by atoms with Crippen LogP contribution in [-0.4, -0.2) is 14.7 Å². The van der Waals surface area contributed by atoms with Gasteiger partial charge in [-0.05, 0) is 42.4 Å². The Morgan fingerprint density at radius 2 is 2.14 bits per heavy atom. The van der Waals surface area contributed by atoms with Crippen LogP contribution in [0.2, 0.25) is 0 Å². The highest BCUT2D eigenvalue weighted by Crippen LogP contribution is 2.38. The lowest BCUT2D eigenvalue weighted by Crippen LogP contribution is -2.35. The third-order valence-electron chi connectivity index (χ3n) is 4.70. The van der Waals surface area contributed by atoms with E-state index in [-0.39, 0.29) is 6.04 Å². The number of nitrogens with one attached hydrogen (secondary N) is 1. The van der Waals surface area contributed by atoms with Crippen LogP contribution in [0.4, 0.5) is 0 Å². The summed E-state index contributed by atoms with van der Waals surface area (Å²) in [5.41, 5.74) is 3.89. The number of hydrazine groups is 1. The summed E-state index contributed by atoms with van der Waals surface area (Å²) in [6.45, 7) is 2.24. The molecule has 118 valence electrons. The molecule has 3 atom stereocenters. The van der Waals surface area contributed by atoms with Gasteiger partial charge >= 0.3 is 0 Å². The fourth-order valence-electron chi connectivity index (χ4n) is 3.45. The van der Waals surface area contributed by atoms with E-state index in [0.29, 0.717) is 10.8 Å². The molecule has 0 heterocycles. The lowest BCUT2D eigenvalue weighted by Gasteiger charge is -2.34. The molecule has 2 rings (SSSR count). The first-order valence-corrected chi connectivity index (χ1v) is 9.61. The van der Waals surface area contributed by atoms with E-state index in [1.165, 1.54) is 25.5 Å². The van der Waals surface area contributed by atoms with Gasteiger partial charge in [-0.1, -0.05) is 38.3 Å². The summed E-state index contributed by atoms with van der Waals surface area (Å²) in [5.74, 6) is 7.02. The molecule has 0 aromatic heterocycles. The van der Waals surface area contributed by atoms with Crippen LogP contribution in [0, 0.1) is 11.8 Å². The summed E-state index contributed by atoms with van der Waals surface area (Å²) in [4.78, 5) is 0.364. The number of hydrogen-bond donors (Lipinski definition) is 2. The zero-order valence-electron chi connectivity index (χ0n) is 12.9. The van der Waals surface area contributed by atoms with Crippen molar-refractivity contribution in [3.63, 3.8) is 0 Å². The Balaban J connectivity index is 2.25. The summed E-state index contributed by atoms with van der Waals surface area (Å²) in [6, 6.07) is 7.20. The number of rotatable bonds is 5. The molecule has 4 nitrogen and oxygen atoms in total. The standard InChI is InChI=1S/C16H26N2O2S/c1-3-12-6-4-7-13(10-12)16(18-17)14-8-5-9-15(11-14)21(2,19)20/h5,8-9,11-13,16,18H,3-4,6-7,10,17H2,1-2H3. The summed E-state index contributed by atoms with van der Waals surface area (Å²) in [6.07, 6.45) is 7.28. The van der Waals surface area contributed by atoms with E-state index in [9.17, 15) is 8.42 Å². The Morgan fingerprint density at radius 1 is 1.38 bits per heavy atom. The summed E-state index contributed by atoms with van der Waals surface area (Å²) < 4.78 is 23.4. The lowest BCUT2D eigenvalue weighted by molar-refractivity contribution is 0.210. The van der Waals surface area contributed by atoms with Crippen LogP contribution in [0.5, 0.6) is 0 Å². The third-order valence-corrected chi connectivity index (χ3v) is 5.81. The summed E-state index contributed by atoms with van der Waals surface area (Å²) in [5, 5.41) is 0. The van der Waals surface area contributed by atoms with Gasteiger partial charge in [-0.15, -0.1) is 0 Å². The first kappa shape index (κ1) is 16.5. The molecule has 1 fully saturated rings. The van der Waals surface area contributed by atoms with Crippen molar-refractivity contribution in [2.75, 3.05) is 6.26 Å². The Kier molecular flexibility index (Phi) is 5.41. The highest BCUT2D eigenvalue weighted by molar-refractivity contribution is 7.90. The molecule has 5 heteroatoms. The Labute approximate surface area is 128 Å². The van der Waals surface area contributed by atoms with Gasteiger partial charge in [0, 0.05) is 12.3 Å². The van der Waals surface area contributed by atoms with Crippen LogP contribution in [0.15, 0.2) is 29.2 Å². The molecule has 0 bridgehead atoms. The van der Waals surface area contributed by atoms with Crippen LogP contribution in [0.1, 0.15) is 50.6 Å². The van der Waals surface area contributed by atoms with Crippen molar-refractivity contribution in [3.8, 4) is 0 Å². The number of hydrogen-bond acceptors (Lipinski definition) is 4. The van der Waals surface area contributed by atoms with Crippen molar-refractivity contribution in [1.82, 2.24) is 5.43 Å². The highest BCUT2D eigenvalue weighted by Gasteiger charge is 2.28. The van der Waals surface area contributed by atoms with Gasteiger partial charge < -0.3 is 0 Å². The van der Waals surface area contributed by atoms with Crippen molar-refractivity contribution in [1.29, 1.82) is 0 Å². The van der Waals surface area contributed by atoms with E-state index in [0.717, 1.165) is 24.3 Å². The first-order valence-electron chi connectivity index (χ1n) is 7.71. The molecular formula is C16H26N2O2S. The normalized spacial score (nSPS) is 24.7. The maximum absolute atomic E-state index is 11.7. The smallest absolute Gasteiger partial charge is 0.175 e. The second-order valence-corrected chi connectivity index (χ2v) is 8.21. The number of nitrogens with two attached hydrogens (primary N) is 1. The molecule has 1 saturated carbocycles. The molecule has 3 unspecified atom stereocenters. The fourth-order valence-corrected chi connectivity index (χ4v) is 4.13. The second-order valence-electron chi connectivity index (χ2n) is 6.19. The van der Waals surface area contributed by atoms with Crippen molar-refractivity contribution in [2.24, 2.45) is 17.7 Å². The second kappa shape index (κ2) is 6.90. The predicted molar refractivity (Wildman–Crippen MR) is 85.4 cm³/mol. The van der Waals surface area contributed by atoms with Gasteiger partial charge in [0.2, 0.25) is 0 Å². The summed E-state index contributed by atoms with van der Waals surface area (Å²) in [7, 11) is -3.18. The molecule has 0 aliphatic heterocycles. The monoisotopic (exact) mass is 310 g/mol. The minimum atomic E-state index is -3.18. The molecule has 0 amide bonds. The van der Waals surface area contributed by atoms with Gasteiger partial charge in [0.15, 0.2) is 9.84 Å². The van der Waals surface area contributed by atoms with Gasteiger partial charge in [-0.3, -0.25) is 11.3 Å². The fraction of sp³-hybridized carbons (Fsp3) is 0.625. The van der Waals surface area contributed by atoms with Gasteiger partial charge in [0.05, 0.1) is 4.90 Å². The van der Waals surface area contributed by atoms with E-state index < -0.39 is 9.84 Å². The molecule has 0 radical (unpaired) electrons. The van der Waals surface area contributed by atoms with Crippen LogP contribution in [0.25, 0.3) is 0 Å². The largest absolute Gasteiger partial charge is 0.271 e. The first-order chi connectivity index (χ1) is 9.95. The highest BCUT2D eigenvalue weighted by atomic mass is 32.2. The van der Waals surface area contributed by atoms with Gasteiger partial charge in [0.25, 0.3) is 0 Å². The van der Waals surface area contributed by atoms with E-state index in [1.807, 2.05) is 6.07 Å². The summed E-state index contributed by atoms with van der Waals surface area (Å²) >= 11 is 0. The Hall–Kier alpha value is -0.910. The third kappa shape index (κ3) is 4.05. The number of sulfone groups is 1. The zero-order valence-corrected chi connectivity index (χ0v) is 13.7. The molecule has 3 N–H and O–H groups in total. The quantitative estimate of drug-likeness (QED) is 0.648. The average molecular weight is 310 g/mol. The van der Waals surface area contributed by atoms with Gasteiger partial charge in [0.1, 0.15) is 0 Å². The van der Waals surface area contributed by atoms with Crippen LogP contribution >= 0.6 is 0 Å². The maximum atomic E-state index is 11.7. The minimum Gasteiger partial charge on any atom is -0.271 e. The van der Waals surface area contributed by atoms with Crippen LogP contribution in [0.3, 0.4) is 0 Å². The molecule has 1 aromatic carbocycles. The molecule has 1 aliphatic rings. The predicted octanol–water partition coefficient (Wildman–Crippen LogP) is 2.81. The van der Waals surface area contributed by atoms with E-state index in [2.05, 4.69) is 12.3 Å². The minimum absolute atomic E-state index is 0.0287. The maximum Gasteiger partial charge on any atom is 0.175 e. The van der Waals surface area contributed by atoms with E-state index >= 15 is 0 Å². The van der Waals surface area contributed by atoms with Crippen molar-refractivity contribution >= 4 is 9.84 Å². The van der Waals surface area contributed by atoms with Crippen molar-refractivity contribution in [2.45, 2.75) is 50.0 Å². The Bertz CT molecular complexity index is 571. The van der Waals surface area contributed by atoms with Crippen molar-refractivity contribution in [3.05, 3.63) is 29.8 Å². The van der Waals surface area contributed by atoms with E-state index in [4.69, 9.17) is 5.84 Å². The number of benzene rings is 1. The SMILES string of the molecule is CCC1CCCC(C(NN)c2cccc(S(C)(=O)=O)c2)C1. The zero-order chi connectivity index (χ0) is 15.5. The average Bonchev–Trinajstić information content (AvgIpc) is 2.48. The van der Waals surface area contributed by atoms with Gasteiger partial charge in [-0.25, -0.2) is 8.42 Å². The Morgan fingerprint density at radius 3 is 2.76 bits per heavy atom. The molecule has 21 heavy (non-hydrogen) atoms. The molecular weight excluding hydrogens is 284 g/mol. The molecule has 1 aromatic rings.